The van der Waals surface area contributed by atoms with Crippen molar-refractivity contribution in [2.45, 2.75) is 49.5 Å². The molecule has 0 spiro atoms. The fourth-order valence-electron chi connectivity index (χ4n) is 5.16. The van der Waals surface area contributed by atoms with Crippen molar-refractivity contribution in [3.63, 3.8) is 0 Å². The fraction of sp³-hybridized carbons (Fsp3) is 0.550. The molecule has 41 heavy (non-hydrogen) atoms. The molecule has 3 aromatic heterocycles. The van der Waals surface area contributed by atoms with Crippen LogP contribution in [-0.2, 0) is 39.2 Å². The third-order valence-corrected chi connectivity index (χ3v) is 10.2. The molecule has 2 aliphatic heterocycles. The average Bonchev–Trinajstić information content (AvgIpc) is 3.57. The number of thiol groups is 1. The Balaban J connectivity index is 1.28. The molecule has 21 heteroatoms. The zero-order chi connectivity index (χ0) is 28.9. The minimum Gasteiger partial charge on any atom is -0.387 e. The molecule has 6 N–H and O–H groups in total. The smallest absolute Gasteiger partial charge is 0.386 e. The number of ether oxygens (including phenoxy) is 1. The van der Waals surface area contributed by atoms with Gasteiger partial charge in [-0.3, -0.25) is 18.9 Å². The van der Waals surface area contributed by atoms with E-state index in [0.29, 0.717) is 18.7 Å². The summed E-state index contributed by atoms with van der Waals surface area (Å²) < 4.78 is 43.6. The number of aliphatic hydroxyl groups excluding tert-OH is 1. The number of imidazole rings is 1. The predicted molar refractivity (Wildman–Crippen MR) is 149 cm³/mol. The summed E-state index contributed by atoms with van der Waals surface area (Å²) in [5.41, 5.74) is 5.10. The SMILES string of the molecule is Nc1nc2c(ncn2[C@@H]2OC3COP(O)(=S)O[C@H]4C[C@H](Nc5ccncn5)C[C@@H]4COP(=O)(S)O[C@@H]2[C@@H]3O)c(=O)[nH]1. The van der Waals surface area contributed by atoms with Gasteiger partial charge in [-0.2, -0.15) is 4.98 Å². The van der Waals surface area contributed by atoms with Gasteiger partial charge in [0.15, 0.2) is 17.4 Å². The van der Waals surface area contributed by atoms with Crippen molar-refractivity contribution in [1.82, 2.24) is 29.5 Å². The molecule has 9 atom stereocenters. The number of nitrogens with two attached hydrogens (primary N) is 1. The Morgan fingerprint density at radius 1 is 1.22 bits per heavy atom. The highest BCUT2D eigenvalue weighted by Crippen LogP contribution is 2.58. The summed E-state index contributed by atoms with van der Waals surface area (Å²) in [5.74, 6) is 0.0340. The number of nitrogens with one attached hydrogen (secondary N) is 2. The molecule has 2 saturated heterocycles. The maximum Gasteiger partial charge on any atom is 0.386 e. The van der Waals surface area contributed by atoms with E-state index in [4.69, 9.17) is 40.4 Å². The van der Waals surface area contributed by atoms with Gasteiger partial charge in [0.05, 0.1) is 25.6 Å². The second-order valence-electron chi connectivity index (χ2n) is 9.74. The van der Waals surface area contributed by atoms with E-state index in [1.807, 2.05) is 0 Å². The lowest BCUT2D eigenvalue weighted by atomic mass is 10.1. The largest absolute Gasteiger partial charge is 0.387 e. The van der Waals surface area contributed by atoms with Gasteiger partial charge in [0.1, 0.15) is 30.5 Å². The molecule has 6 rings (SSSR count). The van der Waals surface area contributed by atoms with Crippen molar-refractivity contribution in [1.29, 1.82) is 0 Å². The Bertz CT molecular complexity index is 1580. The van der Waals surface area contributed by atoms with Crippen LogP contribution in [0.2, 0.25) is 0 Å². The van der Waals surface area contributed by atoms with Crippen LogP contribution in [0.25, 0.3) is 11.2 Å². The summed E-state index contributed by atoms with van der Waals surface area (Å²) in [5, 5.41) is 14.4. The highest BCUT2D eigenvalue weighted by molar-refractivity contribution is 8.44. The molecule has 17 nitrogen and oxygen atoms in total. The van der Waals surface area contributed by atoms with Crippen LogP contribution in [-0.4, -0.2) is 83.2 Å². The highest BCUT2D eigenvalue weighted by Gasteiger charge is 2.50. The second-order valence-corrected chi connectivity index (χ2v) is 15.4. The van der Waals surface area contributed by atoms with E-state index in [0.717, 1.165) is 0 Å². The van der Waals surface area contributed by atoms with Crippen LogP contribution in [0, 0.1) is 5.92 Å². The molecular formula is C20H26N8O9P2S2. The molecule has 1 saturated carbocycles. The van der Waals surface area contributed by atoms with Crippen molar-refractivity contribution in [2.75, 3.05) is 24.3 Å². The first-order valence-electron chi connectivity index (χ1n) is 12.4. The summed E-state index contributed by atoms with van der Waals surface area (Å²) in [7, 11) is 0. The molecular weight excluding hydrogens is 622 g/mol. The van der Waals surface area contributed by atoms with Crippen LogP contribution in [0.4, 0.5) is 11.8 Å². The number of anilines is 2. The number of H-pyrrole nitrogens is 1. The number of nitrogen functional groups attached to an aromatic ring is 1. The minimum absolute atomic E-state index is 0.0290. The molecule has 1 aliphatic carbocycles. The van der Waals surface area contributed by atoms with Crippen molar-refractivity contribution < 1.29 is 37.4 Å². The van der Waals surface area contributed by atoms with Crippen molar-refractivity contribution in [3.8, 4) is 0 Å². The van der Waals surface area contributed by atoms with E-state index in [1.54, 1.807) is 12.3 Å². The number of hydrogen-bond donors (Lipinski definition) is 6. The summed E-state index contributed by atoms with van der Waals surface area (Å²) in [6.07, 6.45) is -0.646. The summed E-state index contributed by atoms with van der Waals surface area (Å²) in [6.45, 7) is -8.51. The lowest BCUT2D eigenvalue weighted by Gasteiger charge is -2.27. The first-order chi connectivity index (χ1) is 19.5. The van der Waals surface area contributed by atoms with E-state index >= 15 is 0 Å². The van der Waals surface area contributed by atoms with E-state index in [9.17, 15) is 19.4 Å². The van der Waals surface area contributed by atoms with Gasteiger partial charge < -0.3 is 39.4 Å². The molecule has 222 valence electrons. The first kappa shape index (κ1) is 29.1. The van der Waals surface area contributed by atoms with Gasteiger partial charge in [0.25, 0.3) is 5.56 Å². The van der Waals surface area contributed by atoms with Crippen LogP contribution in [0.3, 0.4) is 0 Å². The van der Waals surface area contributed by atoms with E-state index in [2.05, 4.69) is 42.5 Å². The van der Waals surface area contributed by atoms with Crippen molar-refractivity contribution in [2.24, 2.45) is 5.92 Å². The lowest BCUT2D eigenvalue weighted by Crippen LogP contribution is -2.35. The molecule has 3 unspecified atom stereocenters. The molecule has 0 radical (unpaired) electrons. The molecule has 5 heterocycles. The Morgan fingerprint density at radius 3 is 2.83 bits per heavy atom. The van der Waals surface area contributed by atoms with Gasteiger partial charge in [0, 0.05) is 18.2 Å². The fourth-order valence-corrected chi connectivity index (χ4v) is 8.17. The standard InChI is InChI=1S/C20H26N8O9P2S2/c21-20-26-17-14(18(30)27-20)24-8-28(17)19-16-15(29)12(35-19)6-34-38(31,40)36-11-4-10(25-13-1-2-22-7-23-13)3-9(11)5-33-39(32,41)37-16/h1-2,7-12,15-16,19,29H,3-6H2,(H,31,40)(H,32,41)(H,22,23,25)(H3,21,26,27,30)/t9-,10-,11+,12?,15-,16-,19-,38?,39?/m1/s1. The molecule has 3 fully saturated rings. The third-order valence-electron chi connectivity index (χ3n) is 6.98. The van der Waals surface area contributed by atoms with Gasteiger partial charge in [-0.1, -0.05) is 12.2 Å². The Labute approximate surface area is 242 Å². The van der Waals surface area contributed by atoms with E-state index < -0.39 is 56.3 Å². The maximum atomic E-state index is 13.4. The Hall–Kier alpha value is -2.02. The van der Waals surface area contributed by atoms with Crippen LogP contribution in [0.15, 0.2) is 29.7 Å². The number of rotatable bonds is 3. The Morgan fingerprint density at radius 2 is 2.05 bits per heavy atom. The van der Waals surface area contributed by atoms with Crippen LogP contribution >= 0.6 is 25.8 Å². The van der Waals surface area contributed by atoms with Crippen molar-refractivity contribution in [3.05, 3.63) is 35.3 Å². The number of aliphatic hydroxyl groups is 1. The summed E-state index contributed by atoms with van der Waals surface area (Å²) in [4.78, 5) is 41.8. The highest BCUT2D eigenvalue weighted by atomic mass is 32.7. The maximum absolute atomic E-state index is 13.4. The van der Waals surface area contributed by atoms with Crippen molar-refractivity contribution >= 4 is 60.5 Å². The second kappa shape index (κ2) is 11.2. The average molecular weight is 649 g/mol. The predicted octanol–water partition coefficient (Wildman–Crippen LogP) is 0.713. The number of aromatic amines is 1. The van der Waals surface area contributed by atoms with E-state index in [-0.39, 0.29) is 35.7 Å². The van der Waals surface area contributed by atoms with Crippen LogP contribution < -0.4 is 16.6 Å². The minimum atomic E-state index is -4.13. The number of nitrogens with zero attached hydrogens (tertiary/aromatic N) is 5. The zero-order valence-electron chi connectivity index (χ0n) is 21.0. The lowest BCUT2D eigenvalue weighted by molar-refractivity contribution is -0.0502. The first-order valence-corrected chi connectivity index (χ1v) is 17.7. The van der Waals surface area contributed by atoms with Crippen LogP contribution in [0.5, 0.6) is 0 Å². The van der Waals surface area contributed by atoms with Gasteiger partial charge >= 0.3 is 13.5 Å². The van der Waals surface area contributed by atoms with Gasteiger partial charge in [-0.05, 0) is 30.7 Å². The van der Waals surface area contributed by atoms with Gasteiger partial charge in [-0.25, -0.2) is 19.5 Å². The van der Waals surface area contributed by atoms with Gasteiger partial charge in [-0.15, -0.1) is 0 Å². The zero-order valence-corrected chi connectivity index (χ0v) is 24.5. The Kier molecular flexibility index (Phi) is 7.97. The normalized spacial score (nSPS) is 38.1. The monoisotopic (exact) mass is 648 g/mol. The number of fused-ring (bicyclic) bond motifs is 4. The number of aromatic nitrogens is 6. The van der Waals surface area contributed by atoms with Crippen LogP contribution in [0.1, 0.15) is 19.1 Å². The molecule has 0 amide bonds. The molecule has 0 aromatic carbocycles. The molecule has 3 aromatic rings. The third kappa shape index (κ3) is 6.21. The number of hydrogen-bond acceptors (Lipinski definition) is 15. The van der Waals surface area contributed by atoms with E-state index in [1.165, 1.54) is 17.2 Å². The molecule has 2 bridgehead atoms. The van der Waals surface area contributed by atoms with Gasteiger partial charge in [0.2, 0.25) is 5.95 Å². The summed E-state index contributed by atoms with van der Waals surface area (Å²) in [6, 6.07) is 1.57. The quantitative estimate of drug-likeness (QED) is 0.170. The molecule has 3 aliphatic rings. The topological polar surface area (TPSA) is 231 Å². The summed E-state index contributed by atoms with van der Waals surface area (Å²) >= 11 is 9.43.